The average Bonchev–Trinajstić information content (AvgIpc) is 2.04. The maximum Gasteiger partial charge on any atom is 0.0591 e. The molecular formula is C10H22BrNO. The van der Waals surface area contributed by atoms with Crippen molar-refractivity contribution in [3.63, 3.8) is 0 Å². The van der Waals surface area contributed by atoms with Gasteiger partial charge < -0.3 is 10.1 Å². The first-order chi connectivity index (χ1) is 6.12. The lowest BCUT2D eigenvalue weighted by Crippen LogP contribution is -2.41. The maximum atomic E-state index is 5.38. The number of nitrogens with one attached hydrogen (secondary N) is 1. The lowest BCUT2D eigenvalue weighted by atomic mass is 10.0. The van der Waals surface area contributed by atoms with Gasteiger partial charge in [-0.25, -0.2) is 0 Å². The van der Waals surface area contributed by atoms with E-state index in [1.54, 1.807) is 0 Å². The van der Waals surface area contributed by atoms with Gasteiger partial charge in [-0.2, -0.15) is 0 Å². The van der Waals surface area contributed by atoms with Gasteiger partial charge in [0.2, 0.25) is 0 Å². The first-order valence-corrected chi connectivity index (χ1v) is 6.13. The van der Waals surface area contributed by atoms with Crippen LogP contribution in [0.2, 0.25) is 0 Å². The van der Waals surface area contributed by atoms with Crippen LogP contribution in [0.5, 0.6) is 0 Å². The van der Waals surface area contributed by atoms with Crippen LogP contribution in [-0.4, -0.2) is 30.6 Å². The summed E-state index contributed by atoms with van der Waals surface area (Å²) in [6.45, 7) is 9.20. The number of ether oxygens (including phenoxy) is 1. The van der Waals surface area contributed by atoms with E-state index in [9.17, 15) is 0 Å². The molecule has 0 saturated heterocycles. The van der Waals surface area contributed by atoms with Gasteiger partial charge in [0.25, 0.3) is 0 Å². The van der Waals surface area contributed by atoms with E-state index in [4.69, 9.17) is 4.74 Å². The molecule has 0 spiro atoms. The van der Waals surface area contributed by atoms with E-state index in [2.05, 4.69) is 42.0 Å². The van der Waals surface area contributed by atoms with E-state index < -0.39 is 0 Å². The zero-order valence-electron chi connectivity index (χ0n) is 9.03. The van der Waals surface area contributed by atoms with Crippen LogP contribution >= 0.6 is 15.9 Å². The van der Waals surface area contributed by atoms with Crippen LogP contribution in [0.15, 0.2) is 0 Å². The van der Waals surface area contributed by atoms with Crippen molar-refractivity contribution in [2.45, 2.75) is 39.2 Å². The summed E-state index contributed by atoms with van der Waals surface area (Å²) in [7, 11) is 0. The quantitative estimate of drug-likeness (QED) is 0.529. The van der Waals surface area contributed by atoms with Crippen LogP contribution in [0.3, 0.4) is 0 Å². The first kappa shape index (κ1) is 13.4. The van der Waals surface area contributed by atoms with E-state index in [1.165, 1.54) is 0 Å². The first-order valence-electron chi connectivity index (χ1n) is 5.01. The van der Waals surface area contributed by atoms with Crippen molar-refractivity contribution >= 4 is 15.9 Å². The molecule has 0 amide bonds. The van der Waals surface area contributed by atoms with Crippen molar-refractivity contribution in [1.29, 1.82) is 0 Å². The molecule has 0 bridgehead atoms. The van der Waals surface area contributed by atoms with Crippen LogP contribution in [-0.2, 0) is 4.74 Å². The van der Waals surface area contributed by atoms with E-state index in [0.717, 1.165) is 37.9 Å². The van der Waals surface area contributed by atoms with Crippen molar-refractivity contribution in [2.24, 2.45) is 0 Å². The van der Waals surface area contributed by atoms with Crippen LogP contribution < -0.4 is 5.32 Å². The van der Waals surface area contributed by atoms with Gasteiger partial charge in [0.1, 0.15) is 0 Å². The number of halogens is 1. The molecule has 2 nitrogen and oxygen atoms in total. The fourth-order valence-electron chi connectivity index (χ4n) is 1.03. The Kier molecular flexibility index (Phi) is 8.01. The summed E-state index contributed by atoms with van der Waals surface area (Å²) in [6, 6.07) is 0. The van der Waals surface area contributed by atoms with E-state index in [-0.39, 0.29) is 5.54 Å². The summed E-state index contributed by atoms with van der Waals surface area (Å²) in [5, 5.41) is 4.51. The van der Waals surface area contributed by atoms with Crippen LogP contribution in [0.1, 0.15) is 33.6 Å². The van der Waals surface area contributed by atoms with E-state index >= 15 is 0 Å². The predicted octanol–water partition coefficient (Wildman–Crippen LogP) is 2.57. The molecule has 1 N–H and O–H groups in total. The highest BCUT2D eigenvalue weighted by Crippen LogP contribution is 2.09. The van der Waals surface area contributed by atoms with Gasteiger partial charge in [0, 0.05) is 24.0 Å². The van der Waals surface area contributed by atoms with Gasteiger partial charge >= 0.3 is 0 Å². The average molecular weight is 252 g/mol. The number of alkyl halides is 1. The molecule has 0 heterocycles. The molecule has 0 rings (SSSR count). The summed E-state index contributed by atoms with van der Waals surface area (Å²) in [5.41, 5.74) is 0.221. The zero-order chi connectivity index (χ0) is 10.2. The Morgan fingerprint density at radius 2 is 2.00 bits per heavy atom. The second kappa shape index (κ2) is 7.77. The van der Waals surface area contributed by atoms with Crippen LogP contribution in [0.4, 0.5) is 0 Å². The summed E-state index contributed by atoms with van der Waals surface area (Å²) in [6.07, 6.45) is 2.24. The molecule has 0 aromatic heterocycles. The van der Waals surface area contributed by atoms with Gasteiger partial charge in [-0.1, -0.05) is 22.9 Å². The summed E-state index contributed by atoms with van der Waals surface area (Å²) >= 11 is 3.45. The smallest absolute Gasteiger partial charge is 0.0591 e. The predicted molar refractivity (Wildman–Crippen MR) is 61.6 cm³/mol. The minimum Gasteiger partial charge on any atom is -0.380 e. The van der Waals surface area contributed by atoms with Gasteiger partial charge in [-0.3, -0.25) is 0 Å². The third-order valence-corrected chi connectivity index (χ3v) is 2.31. The monoisotopic (exact) mass is 251 g/mol. The summed E-state index contributed by atoms with van der Waals surface area (Å²) in [4.78, 5) is 0. The molecule has 13 heavy (non-hydrogen) atoms. The standard InChI is InChI=1S/C10H22BrNO/c1-4-8-13-9-7-12-10(2,3)5-6-11/h12H,4-9H2,1-3H3. The van der Waals surface area contributed by atoms with Crippen LogP contribution in [0, 0.1) is 0 Å². The summed E-state index contributed by atoms with van der Waals surface area (Å²) < 4.78 is 5.38. The van der Waals surface area contributed by atoms with Crippen molar-refractivity contribution < 1.29 is 4.74 Å². The zero-order valence-corrected chi connectivity index (χ0v) is 10.6. The van der Waals surface area contributed by atoms with Crippen molar-refractivity contribution in [1.82, 2.24) is 5.32 Å². The Bertz CT molecular complexity index is 117. The molecule has 0 aliphatic carbocycles. The Balaban J connectivity index is 3.29. The molecule has 3 heteroatoms. The lowest BCUT2D eigenvalue weighted by Gasteiger charge is -2.25. The molecule has 0 saturated carbocycles. The highest BCUT2D eigenvalue weighted by molar-refractivity contribution is 9.09. The topological polar surface area (TPSA) is 21.3 Å². The molecule has 0 unspecified atom stereocenters. The Hall–Kier alpha value is 0.400. The van der Waals surface area contributed by atoms with Crippen molar-refractivity contribution in [3.8, 4) is 0 Å². The lowest BCUT2D eigenvalue weighted by molar-refractivity contribution is 0.130. The number of hydrogen-bond donors (Lipinski definition) is 1. The van der Waals surface area contributed by atoms with Crippen molar-refractivity contribution in [2.75, 3.05) is 25.1 Å². The van der Waals surface area contributed by atoms with Gasteiger partial charge in [-0.15, -0.1) is 0 Å². The second-order valence-corrected chi connectivity index (χ2v) is 4.66. The van der Waals surface area contributed by atoms with E-state index in [0.29, 0.717) is 0 Å². The fraction of sp³-hybridized carbons (Fsp3) is 1.00. The molecule has 0 aromatic rings. The highest BCUT2D eigenvalue weighted by atomic mass is 79.9. The normalized spacial score (nSPS) is 12.0. The molecule has 0 atom stereocenters. The molecule has 0 aliphatic heterocycles. The third kappa shape index (κ3) is 8.72. The second-order valence-electron chi connectivity index (χ2n) is 3.86. The minimum atomic E-state index is 0.221. The summed E-state index contributed by atoms with van der Waals surface area (Å²) in [5.74, 6) is 0. The van der Waals surface area contributed by atoms with Gasteiger partial charge in [0.15, 0.2) is 0 Å². The number of rotatable bonds is 8. The molecule has 0 radical (unpaired) electrons. The molecule has 0 fully saturated rings. The third-order valence-electron chi connectivity index (χ3n) is 1.92. The number of hydrogen-bond acceptors (Lipinski definition) is 2. The fourth-order valence-corrected chi connectivity index (χ4v) is 2.02. The van der Waals surface area contributed by atoms with E-state index in [1.807, 2.05) is 0 Å². The Morgan fingerprint density at radius 3 is 2.54 bits per heavy atom. The molecular weight excluding hydrogens is 230 g/mol. The highest BCUT2D eigenvalue weighted by Gasteiger charge is 2.14. The molecule has 80 valence electrons. The maximum absolute atomic E-state index is 5.38. The van der Waals surface area contributed by atoms with Gasteiger partial charge in [-0.05, 0) is 26.7 Å². The molecule has 0 aromatic carbocycles. The van der Waals surface area contributed by atoms with Gasteiger partial charge in [0.05, 0.1) is 6.61 Å². The minimum absolute atomic E-state index is 0.221. The Morgan fingerprint density at radius 1 is 1.31 bits per heavy atom. The van der Waals surface area contributed by atoms with Crippen LogP contribution in [0.25, 0.3) is 0 Å². The van der Waals surface area contributed by atoms with Crippen molar-refractivity contribution in [3.05, 3.63) is 0 Å². The largest absolute Gasteiger partial charge is 0.380 e. The molecule has 0 aliphatic rings. The Labute approximate surface area is 90.6 Å². The SMILES string of the molecule is CCCOCCNC(C)(C)CCBr.